The predicted molar refractivity (Wildman–Crippen MR) is 63.3 cm³/mol. The molecule has 1 aromatic carbocycles. The van der Waals surface area contributed by atoms with Crippen LogP contribution in [0.3, 0.4) is 0 Å². The summed E-state index contributed by atoms with van der Waals surface area (Å²) in [4.78, 5) is 10.6. The second kappa shape index (κ2) is 5.29. The van der Waals surface area contributed by atoms with Gasteiger partial charge in [0.15, 0.2) is 0 Å². The van der Waals surface area contributed by atoms with Gasteiger partial charge < -0.3 is 5.11 Å². The molecule has 0 saturated heterocycles. The molecule has 0 bridgehead atoms. The molecular weight excluding hydrogens is 242 g/mol. The van der Waals surface area contributed by atoms with Crippen LogP contribution in [-0.2, 0) is 21.2 Å². The lowest BCUT2D eigenvalue weighted by molar-refractivity contribution is -0.137. The number of carbonyl (C=O) groups is 1. The maximum atomic E-state index is 12.0. The van der Waals surface area contributed by atoms with Crippen molar-refractivity contribution >= 4 is 16.0 Å². The van der Waals surface area contributed by atoms with E-state index in [-0.39, 0.29) is 4.90 Å². The summed E-state index contributed by atoms with van der Waals surface area (Å²) in [6.45, 7) is 1.38. The van der Waals surface area contributed by atoms with Crippen LogP contribution in [0.1, 0.15) is 12.5 Å². The average Bonchev–Trinajstić information content (AvgIpc) is 2.28. The maximum absolute atomic E-state index is 12.0. The van der Waals surface area contributed by atoms with E-state index in [1.165, 1.54) is 13.1 Å². The summed E-state index contributed by atoms with van der Waals surface area (Å²) in [5.41, 5.74) is 0.898. The molecule has 0 aliphatic heterocycles. The van der Waals surface area contributed by atoms with Gasteiger partial charge in [0.05, 0.1) is 4.90 Å². The van der Waals surface area contributed by atoms with E-state index in [1.807, 2.05) is 13.0 Å². The fourth-order valence-electron chi connectivity index (χ4n) is 1.38. The summed E-state index contributed by atoms with van der Waals surface area (Å²) in [5.74, 6) is -1.18. The third-order valence-electron chi connectivity index (χ3n) is 2.37. The standard InChI is InChI=1S/C11H15NO4S/c1-3-9-5-4-6-10(7-9)17(15,16)12(2)8-11(13)14/h4-7H,3,8H2,1-2H3,(H,13,14). The van der Waals surface area contributed by atoms with E-state index in [0.29, 0.717) is 0 Å². The van der Waals surface area contributed by atoms with E-state index in [0.717, 1.165) is 16.3 Å². The van der Waals surface area contributed by atoms with Crippen molar-refractivity contribution in [2.24, 2.45) is 0 Å². The van der Waals surface area contributed by atoms with Crippen LogP contribution in [0.15, 0.2) is 29.2 Å². The summed E-state index contributed by atoms with van der Waals surface area (Å²) in [5, 5.41) is 8.59. The first-order valence-corrected chi connectivity index (χ1v) is 6.59. The van der Waals surface area contributed by atoms with Gasteiger partial charge in [-0.15, -0.1) is 0 Å². The molecule has 0 aliphatic rings. The highest BCUT2D eigenvalue weighted by atomic mass is 32.2. The molecule has 0 aromatic heterocycles. The Labute approximate surface area is 101 Å². The zero-order valence-electron chi connectivity index (χ0n) is 9.75. The van der Waals surface area contributed by atoms with E-state index in [2.05, 4.69) is 0 Å². The van der Waals surface area contributed by atoms with Crippen LogP contribution in [0, 0.1) is 0 Å². The number of carboxylic acids is 1. The fourth-order valence-corrected chi connectivity index (χ4v) is 2.57. The summed E-state index contributed by atoms with van der Waals surface area (Å²) >= 11 is 0. The summed E-state index contributed by atoms with van der Waals surface area (Å²) in [7, 11) is -2.46. The Morgan fingerprint density at radius 1 is 1.41 bits per heavy atom. The number of hydrogen-bond donors (Lipinski definition) is 1. The van der Waals surface area contributed by atoms with Crippen molar-refractivity contribution < 1.29 is 18.3 Å². The molecule has 0 radical (unpaired) electrons. The molecule has 0 amide bonds. The molecule has 5 nitrogen and oxygen atoms in total. The number of nitrogens with zero attached hydrogens (tertiary/aromatic N) is 1. The summed E-state index contributed by atoms with van der Waals surface area (Å²) < 4.78 is 24.8. The van der Waals surface area contributed by atoms with E-state index in [4.69, 9.17) is 5.11 Å². The lowest BCUT2D eigenvalue weighted by Gasteiger charge is -2.15. The Kier molecular flexibility index (Phi) is 4.25. The van der Waals surface area contributed by atoms with Gasteiger partial charge in [0, 0.05) is 7.05 Å². The third kappa shape index (κ3) is 3.28. The minimum atomic E-state index is -3.71. The number of aliphatic carboxylic acids is 1. The number of likely N-dealkylation sites (N-methyl/N-ethyl adjacent to an activating group) is 1. The van der Waals surface area contributed by atoms with Gasteiger partial charge in [-0.05, 0) is 24.1 Å². The molecule has 0 saturated carbocycles. The Balaban J connectivity index is 3.08. The van der Waals surface area contributed by atoms with E-state index < -0.39 is 22.5 Å². The Hall–Kier alpha value is -1.40. The van der Waals surface area contributed by atoms with Gasteiger partial charge in [-0.25, -0.2) is 8.42 Å². The van der Waals surface area contributed by atoms with Crippen molar-refractivity contribution in [1.29, 1.82) is 0 Å². The van der Waals surface area contributed by atoms with Crippen molar-refractivity contribution in [2.45, 2.75) is 18.2 Å². The largest absolute Gasteiger partial charge is 0.480 e. The first kappa shape index (κ1) is 13.7. The zero-order valence-corrected chi connectivity index (χ0v) is 10.6. The van der Waals surface area contributed by atoms with Gasteiger partial charge in [-0.1, -0.05) is 19.1 Å². The molecule has 1 N–H and O–H groups in total. The quantitative estimate of drug-likeness (QED) is 0.852. The van der Waals surface area contributed by atoms with Crippen molar-refractivity contribution in [3.8, 4) is 0 Å². The summed E-state index contributed by atoms with van der Waals surface area (Å²) in [6.07, 6.45) is 0.728. The van der Waals surface area contributed by atoms with Crippen LogP contribution >= 0.6 is 0 Å². The smallest absolute Gasteiger partial charge is 0.318 e. The molecule has 0 aliphatic carbocycles. The number of aryl methyl sites for hydroxylation is 1. The number of carboxylic acid groups (broad SMARTS) is 1. The topological polar surface area (TPSA) is 74.7 Å². The summed E-state index contributed by atoms with van der Waals surface area (Å²) in [6, 6.07) is 6.51. The van der Waals surface area contributed by atoms with Gasteiger partial charge >= 0.3 is 5.97 Å². The van der Waals surface area contributed by atoms with Gasteiger partial charge in [0.2, 0.25) is 10.0 Å². The van der Waals surface area contributed by atoms with E-state index in [1.54, 1.807) is 12.1 Å². The Morgan fingerprint density at radius 2 is 2.06 bits per heavy atom. The third-order valence-corrected chi connectivity index (χ3v) is 4.17. The molecule has 0 unspecified atom stereocenters. The van der Waals surface area contributed by atoms with Crippen LogP contribution in [0.25, 0.3) is 0 Å². The fraction of sp³-hybridized carbons (Fsp3) is 0.364. The average molecular weight is 257 g/mol. The highest BCUT2D eigenvalue weighted by molar-refractivity contribution is 7.89. The minimum absolute atomic E-state index is 0.126. The SMILES string of the molecule is CCc1cccc(S(=O)(=O)N(C)CC(=O)O)c1. The van der Waals surface area contributed by atoms with Crippen molar-refractivity contribution in [3.63, 3.8) is 0 Å². The van der Waals surface area contributed by atoms with Crippen molar-refractivity contribution in [3.05, 3.63) is 29.8 Å². The molecule has 1 aromatic rings. The number of rotatable bonds is 5. The normalized spacial score (nSPS) is 11.7. The first-order valence-electron chi connectivity index (χ1n) is 5.15. The van der Waals surface area contributed by atoms with Crippen LogP contribution in [0.5, 0.6) is 0 Å². The lowest BCUT2D eigenvalue weighted by Crippen LogP contribution is -2.32. The molecule has 0 fully saturated rings. The van der Waals surface area contributed by atoms with Crippen LogP contribution < -0.4 is 0 Å². The molecule has 0 heterocycles. The highest BCUT2D eigenvalue weighted by Gasteiger charge is 2.22. The highest BCUT2D eigenvalue weighted by Crippen LogP contribution is 2.16. The number of benzene rings is 1. The molecule has 1 rings (SSSR count). The van der Waals surface area contributed by atoms with Gasteiger partial charge in [-0.2, -0.15) is 4.31 Å². The lowest BCUT2D eigenvalue weighted by atomic mass is 10.2. The Bertz CT molecular complexity index is 510. The van der Waals surface area contributed by atoms with Gasteiger partial charge in [-0.3, -0.25) is 4.79 Å². The second-order valence-electron chi connectivity index (χ2n) is 3.66. The Morgan fingerprint density at radius 3 is 2.59 bits per heavy atom. The van der Waals surface area contributed by atoms with Crippen LogP contribution in [-0.4, -0.2) is 37.4 Å². The van der Waals surface area contributed by atoms with E-state index >= 15 is 0 Å². The minimum Gasteiger partial charge on any atom is -0.480 e. The van der Waals surface area contributed by atoms with Gasteiger partial charge in [0.25, 0.3) is 0 Å². The molecule has 0 spiro atoms. The predicted octanol–water partition coefficient (Wildman–Crippen LogP) is 0.954. The monoisotopic (exact) mass is 257 g/mol. The molecule has 94 valence electrons. The van der Waals surface area contributed by atoms with Crippen LogP contribution in [0.4, 0.5) is 0 Å². The van der Waals surface area contributed by atoms with Crippen molar-refractivity contribution in [2.75, 3.05) is 13.6 Å². The number of hydrogen-bond acceptors (Lipinski definition) is 3. The number of sulfonamides is 1. The molecule has 0 atom stereocenters. The second-order valence-corrected chi connectivity index (χ2v) is 5.70. The zero-order chi connectivity index (χ0) is 13.1. The molecule has 17 heavy (non-hydrogen) atoms. The molecular formula is C11H15NO4S. The maximum Gasteiger partial charge on any atom is 0.318 e. The van der Waals surface area contributed by atoms with Gasteiger partial charge in [0.1, 0.15) is 6.54 Å². The first-order chi connectivity index (χ1) is 7.87. The molecule has 6 heteroatoms. The van der Waals surface area contributed by atoms with Crippen molar-refractivity contribution in [1.82, 2.24) is 4.31 Å². The van der Waals surface area contributed by atoms with E-state index in [9.17, 15) is 13.2 Å². The van der Waals surface area contributed by atoms with Crippen LogP contribution in [0.2, 0.25) is 0 Å².